The Bertz CT molecular complexity index is 433. The maximum absolute atomic E-state index is 12.9. The van der Waals surface area contributed by atoms with Gasteiger partial charge in [-0.05, 0) is 32.6 Å². The van der Waals surface area contributed by atoms with Crippen LogP contribution in [0.1, 0.15) is 26.7 Å². The van der Waals surface area contributed by atoms with Crippen molar-refractivity contribution in [2.45, 2.75) is 50.3 Å². The zero-order valence-electron chi connectivity index (χ0n) is 12.4. The second-order valence-electron chi connectivity index (χ2n) is 6.27. The summed E-state index contributed by atoms with van der Waals surface area (Å²) in [6.45, 7) is 4.96. The van der Waals surface area contributed by atoms with Crippen molar-refractivity contribution in [2.24, 2.45) is 5.92 Å². The molecule has 1 N–H and O–H groups in total. The van der Waals surface area contributed by atoms with Gasteiger partial charge in [0.25, 0.3) is 0 Å². The largest absolute Gasteiger partial charge is 0.480 e. The van der Waals surface area contributed by atoms with Crippen LogP contribution >= 0.6 is 11.8 Å². The van der Waals surface area contributed by atoms with E-state index in [0.29, 0.717) is 24.8 Å². The number of carboxylic acid groups (broad SMARTS) is 1. The molecule has 1 aliphatic carbocycles. The van der Waals surface area contributed by atoms with Crippen molar-refractivity contribution in [3.8, 4) is 0 Å². The Balaban J connectivity index is 1.77. The third kappa shape index (κ3) is 2.99. The van der Waals surface area contributed by atoms with E-state index in [2.05, 4.69) is 0 Å². The minimum absolute atomic E-state index is 0.00407. The van der Waals surface area contributed by atoms with Crippen molar-refractivity contribution >= 4 is 23.8 Å². The summed E-state index contributed by atoms with van der Waals surface area (Å²) < 4.78 is 5.66. The van der Waals surface area contributed by atoms with Crippen molar-refractivity contribution in [3.63, 3.8) is 0 Å². The predicted octanol–water partition coefficient (Wildman–Crippen LogP) is 1.45. The van der Waals surface area contributed by atoms with E-state index < -0.39 is 12.0 Å². The lowest BCUT2D eigenvalue weighted by molar-refractivity contribution is -0.141. The fourth-order valence-corrected chi connectivity index (χ4v) is 4.83. The molecule has 0 aromatic heterocycles. The van der Waals surface area contributed by atoms with Crippen molar-refractivity contribution in [3.05, 3.63) is 0 Å². The summed E-state index contributed by atoms with van der Waals surface area (Å²) in [5.74, 6) is 0.0741. The number of hydrogen-bond acceptors (Lipinski definition) is 4. The smallest absolute Gasteiger partial charge is 0.327 e. The van der Waals surface area contributed by atoms with Gasteiger partial charge in [0.15, 0.2) is 0 Å². The van der Waals surface area contributed by atoms with E-state index in [1.54, 1.807) is 21.6 Å². The molecule has 0 bridgehead atoms. The molecular weight excluding hydrogens is 292 g/mol. The molecule has 7 heteroatoms. The number of aliphatic carboxylic acids is 1. The van der Waals surface area contributed by atoms with Crippen LogP contribution < -0.4 is 0 Å². The summed E-state index contributed by atoms with van der Waals surface area (Å²) in [5.41, 5.74) is 0. The minimum atomic E-state index is -0.895. The number of hydrogen-bond donors (Lipinski definition) is 1. The molecular formula is C14H22N2O4S. The minimum Gasteiger partial charge on any atom is -0.480 e. The molecule has 6 nitrogen and oxygen atoms in total. The van der Waals surface area contributed by atoms with Gasteiger partial charge in [-0.3, -0.25) is 4.90 Å². The molecule has 2 amide bonds. The van der Waals surface area contributed by atoms with E-state index in [4.69, 9.17) is 4.74 Å². The summed E-state index contributed by atoms with van der Waals surface area (Å²) in [6, 6.07) is -0.826. The number of nitrogens with zero attached hydrogens (tertiary/aromatic N) is 2. The number of thioether (sulfide) groups is 1. The van der Waals surface area contributed by atoms with Crippen molar-refractivity contribution in [1.29, 1.82) is 0 Å². The van der Waals surface area contributed by atoms with E-state index in [9.17, 15) is 14.7 Å². The Morgan fingerprint density at radius 3 is 2.33 bits per heavy atom. The Morgan fingerprint density at radius 2 is 1.81 bits per heavy atom. The molecule has 0 radical (unpaired) electrons. The summed E-state index contributed by atoms with van der Waals surface area (Å²) in [7, 11) is 0. The third-order valence-electron chi connectivity index (χ3n) is 4.26. The van der Waals surface area contributed by atoms with Crippen LogP contribution in [-0.2, 0) is 9.53 Å². The maximum Gasteiger partial charge on any atom is 0.327 e. The van der Waals surface area contributed by atoms with Crippen LogP contribution in [0.2, 0.25) is 0 Å². The molecule has 0 aromatic rings. The fourth-order valence-electron chi connectivity index (χ4n) is 3.20. The topological polar surface area (TPSA) is 70.1 Å². The third-order valence-corrected chi connectivity index (χ3v) is 5.72. The zero-order valence-corrected chi connectivity index (χ0v) is 13.2. The van der Waals surface area contributed by atoms with Crippen LogP contribution in [0.25, 0.3) is 0 Å². The van der Waals surface area contributed by atoms with E-state index in [1.807, 2.05) is 13.8 Å². The first kappa shape index (κ1) is 15.0. The second-order valence-corrected chi connectivity index (χ2v) is 7.42. The number of amides is 2. The highest BCUT2D eigenvalue weighted by Gasteiger charge is 2.49. The first-order valence-electron chi connectivity index (χ1n) is 7.54. The average molecular weight is 314 g/mol. The molecule has 0 aromatic carbocycles. The average Bonchev–Trinajstić information content (AvgIpc) is 3.15. The van der Waals surface area contributed by atoms with Gasteiger partial charge < -0.3 is 14.7 Å². The van der Waals surface area contributed by atoms with Crippen LogP contribution in [0.5, 0.6) is 0 Å². The Hall–Kier alpha value is -0.950. The molecule has 21 heavy (non-hydrogen) atoms. The Kier molecular flexibility index (Phi) is 4.05. The maximum atomic E-state index is 12.9. The second kappa shape index (κ2) is 5.68. The van der Waals surface area contributed by atoms with Crippen LogP contribution in [0.4, 0.5) is 4.79 Å². The zero-order chi connectivity index (χ0) is 15.1. The van der Waals surface area contributed by atoms with Crippen molar-refractivity contribution in [2.75, 3.05) is 18.8 Å². The summed E-state index contributed by atoms with van der Waals surface area (Å²) in [5, 5.41) is 9.44. The number of morpholine rings is 1. The number of carbonyl (C=O) groups excluding carboxylic acids is 1. The predicted molar refractivity (Wildman–Crippen MR) is 79.2 cm³/mol. The van der Waals surface area contributed by atoms with Gasteiger partial charge in [0, 0.05) is 18.8 Å². The standard InChI is InChI=1S/C14H22N2O4S/c1-8-5-15(6-9(2)20-8)14(19)16-11(13(17)18)7-21-12(16)10-3-4-10/h8-12H,3-7H2,1-2H3,(H,17,18)/t8-,9+,11?,12?. The van der Waals surface area contributed by atoms with E-state index in [1.165, 1.54) is 0 Å². The Labute approximate surface area is 128 Å². The van der Waals surface area contributed by atoms with Crippen LogP contribution in [-0.4, -0.2) is 69.4 Å². The summed E-state index contributed by atoms with van der Waals surface area (Å²) in [4.78, 5) is 27.7. The SMILES string of the molecule is C[C@@H]1CN(C(=O)N2C(C(=O)O)CSC2C2CC2)C[C@H](C)O1. The van der Waals surface area contributed by atoms with E-state index in [0.717, 1.165) is 12.8 Å². The highest BCUT2D eigenvalue weighted by Crippen LogP contribution is 2.45. The van der Waals surface area contributed by atoms with Gasteiger partial charge in [-0.1, -0.05) is 0 Å². The molecule has 2 aliphatic heterocycles. The number of carboxylic acids is 1. The van der Waals surface area contributed by atoms with Gasteiger partial charge in [0.1, 0.15) is 6.04 Å². The van der Waals surface area contributed by atoms with Crippen molar-refractivity contribution in [1.82, 2.24) is 9.80 Å². The first-order valence-corrected chi connectivity index (χ1v) is 8.59. The van der Waals surface area contributed by atoms with Crippen LogP contribution in [0.3, 0.4) is 0 Å². The van der Waals surface area contributed by atoms with Crippen LogP contribution in [0.15, 0.2) is 0 Å². The van der Waals surface area contributed by atoms with Gasteiger partial charge in [0.2, 0.25) is 0 Å². The van der Waals surface area contributed by atoms with Gasteiger partial charge in [-0.15, -0.1) is 11.8 Å². The molecule has 4 atom stereocenters. The summed E-state index contributed by atoms with van der Waals surface area (Å²) in [6.07, 6.45) is 2.19. The molecule has 0 spiro atoms. The highest BCUT2D eigenvalue weighted by atomic mass is 32.2. The quantitative estimate of drug-likeness (QED) is 0.835. The lowest BCUT2D eigenvalue weighted by Gasteiger charge is -2.39. The highest BCUT2D eigenvalue weighted by molar-refractivity contribution is 8.00. The summed E-state index contributed by atoms with van der Waals surface area (Å²) >= 11 is 1.62. The number of rotatable bonds is 2. The molecule has 118 valence electrons. The molecule has 2 heterocycles. The normalized spacial score (nSPS) is 36.9. The molecule has 3 fully saturated rings. The number of carbonyl (C=O) groups is 2. The van der Waals surface area contributed by atoms with Gasteiger partial charge >= 0.3 is 12.0 Å². The molecule has 2 unspecified atom stereocenters. The molecule has 3 aliphatic rings. The molecule has 3 rings (SSSR count). The lowest BCUT2D eigenvalue weighted by Crippen LogP contribution is -2.57. The number of urea groups is 1. The Morgan fingerprint density at radius 1 is 1.19 bits per heavy atom. The fraction of sp³-hybridized carbons (Fsp3) is 0.857. The van der Waals surface area contributed by atoms with E-state index in [-0.39, 0.29) is 23.6 Å². The van der Waals surface area contributed by atoms with Crippen LogP contribution in [0, 0.1) is 5.92 Å². The van der Waals surface area contributed by atoms with Gasteiger partial charge in [-0.25, -0.2) is 9.59 Å². The lowest BCUT2D eigenvalue weighted by atomic mass is 10.2. The molecule has 1 saturated carbocycles. The molecule has 2 saturated heterocycles. The van der Waals surface area contributed by atoms with Gasteiger partial charge in [-0.2, -0.15) is 0 Å². The monoisotopic (exact) mass is 314 g/mol. The van der Waals surface area contributed by atoms with E-state index >= 15 is 0 Å². The number of ether oxygens (including phenoxy) is 1. The van der Waals surface area contributed by atoms with Crippen molar-refractivity contribution < 1.29 is 19.4 Å². The van der Waals surface area contributed by atoms with Gasteiger partial charge in [0.05, 0.1) is 17.6 Å². The first-order chi connectivity index (χ1) is 9.97.